The maximum Gasteiger partial charge on any atom is 0.346 e. The van der Waals surface area contributed by atoms with E-state index in [-0.39, 0.29) is 6.04 Å². The Labute approximate surface area is 118 Å². The van der Waals surface area contributed by atoms with Crippen molar-refractivity contribution in [1.29, 1.82) is 0 Å². The highest BCUT2D eigenvalue weighted by Gasteiger charge is 2.31. The van der Waals surface area contributed by atoms with Crippen molar-refractivity contribution in [2.24, 2.45) is 0 Å². The van der Waals surface area contributed by atoms with Gasteiger partial charge in [0.25, 0.3) is 0 Å². The normalized spacial score (nSPS) is 14.8. The van der Waals surface area contributed by atoms with Crippen molar-refractivity contribution in [3.05, 3.63) is 71.8 Å². The van der Waals surface area contributed by atoms with Gasteiger partial charge in [0.15, 0.2) is 0 Å². The van der Waals surface area contributed by atoms with Crippen LogP contribution in [0.1, 0.15) is 29.9 Å². The Hall–Kier alpha value is -1.45. The molecule has 0 bridgehead atoms. The predicted molar refractivity (Wildman–Crippen MR) is 79.2 cm³/mol. The molecule has 0 radical (unpaired) electrons. The largest absolute Gasteiger partial charge is 0.346 e. The minimum Gasteiger partial charge on any atom is -0.323 e. The van der Waals surface area contributed by atoms with E-state index in [0.717, 1.165) is 5.56 Å². The van der Waals surface area contributed by atoms with Gasteiger partial charge in [0, 0.05) is 6.04 Å². The Morgan fingerprint density at radius 3 is 1.80 bits per heavy atom. The molecule has 0 saturated heterocycles. The molecule has 4 nitrogen and oxygen atoms in total. The van der Waals surface area contributed by atoms with Gasteiger partial charge in [-0.25, -0.2) is 0 Å². The topological polar surface area (TPSA) is 69.6 Å². The molecule has 5 heteroatoms. The summed E-state index contributed by atoms with van der Waals surface area (Å²) in [6, 6.07) is 18.2. The molecule has 0 saturated carbocycles. The second-order valence-electron chi connectivity index (χ2n) is 4.70. The van der Waals surface area contributed by atoms with Crippen molar-refractivity contribution in [1.82, 2.24) is 5.32 Å². The minimum absolute atomic E-state index is 0.158. The van der Waals surface area contributed by atoms with Gasteiger partial charge in [-0.1, -0.05) is 60.7 Å². The Morgan fingerprint density at radius 2 is 1.35 bits per heavy atom. The Balaban J connectivity index is 2.24. The molecule has 0 amide bonds. The zero-order valence-electron chi connectivity index (χ0n) is 11.2. The first kappa shape index (κ1) is 14.9. The predicted octanol–water partition coefficient (Wildman–Crippen LogP) is 3.21. The van der Waals surface area contributed by atoms with E-state index >= 15 is 0 Å². The van der Waals surface area contributed by atoms with Gasteiger partial charge in [-0.2, -0.15) is 0 Å². The second kappa shape index (κ2) is 6.33. The highest BCUT2D eigenvalue weighted by molar-refractivity contribution is 7.52. The van der Waals surface area contributed by atoms with Crippen molar-refractivity contribution in [3.8, 4) is 0 Å². The molecule has 2 aromatic carbocycles. The molecule has 0 aliphatic carbocycles. The summed E-state index contributed by atoms with van der Waals surface area (Å²) in [5, 5.41) is 3.03. The molecule has 0 unspecified atom stereocenters. The first-order chi connectivity index (χ1) is 9.48. The van der Waals surface area contributed by atoms with Gasteiger partial charge in [-0.3, -0.25) is 9.88 Å². The fourth-order valence-electron chi connectivity index (χ4n) is 2.10. The Bertz CT molecular complexity index is 583. The fourth-order valence-corrected chi connectivity index (χ4v) is 3.08. The summed E-state index contributed by atoms with van der Waals surface area (Å²) in [7, 11) is -4.28. The SMILES string of the molecule is C[C@@H](N[C@H](c1ccccc1)P(=O)(O)O)c1ccccc1. The first-order valence-electron chi connectivity index (χ1n) is 6.39. The van der Waals surface area contributed by atoms with Crippen LogP contribution in [0.25, 0.3) is 0 Å². The van der Waals surface area contributed by atoms with Gasteiger partial charge in [0.1, 0.15) is 5.78 Å². The molecule has 2 rings (SSSR count). The van der Waals surface area contributed by atoms with Crippen LogP contribution in [0.4, 0.5) is 0 Å². The lowest BCUT2D eigenvalue weighted by Gasteiger charge is -2.24. The van der Waals surface area contributed by atoms with Crippen LogP contribution in [0.2, 0.25) is 0 Å². The molecule has 0 fully saturated rings. The summed E-state index contributed by atoms with van der Waals surface area (Å²) in [4.78, 5) is 19.2. The maximum atomic E-state index is 11.7. The molecule has 0 aliphatic heterocycles. The van der Waals surface area contributed by atoms with Crippen LogP contribution >= 0.6 is 7.60 Å². The van der Waals surface area contributed by atoms with Crippen LogP contribution in [-0.2, 0) is 4.57 Å². The fraction of sp³-hybridized carbons (Fsp3) is 0.200. The third-order valence-corrected chi connectivity index (χ3v) is 4.28. The number of rotatable bonds is 5. The van der Waals surface area contributed by atoms with Gasteiger partial charge >= 0.3 is 7.60 Å². The summed E-state index contributed by atoms with van der Waals surface area (Å²) in [5.74, 6) is -1.00. The van der Waals surface area contributed by atoms with Crippen molar-refractivity contribution in [3.63, 3.8) is 0 Å². The van der Waals surface area contributed by atoms with E-state index in [1.165, 1.54) is 0 Å². The lowest BCUT2D eigenvalue weighted by atomic mass is 10.1. The molecular formula is C15H18NO3P. The van der Waals surface area contributed by atoms with Crippen LogP contribution in [0, 0.1) is 0 Å². The van der Waals surface area contributed by atoms with Gasteiger partial charge in [-0.15, -0.1) is 0 Å². The zero-order valence-corrected chi connectivity index (χ0v) is 12.1. The highest BCUT2D eigenvalue weighted by atomic mass is 31.2. The maximum absolute atomic E-state index is 11.7. The molecule has 20 heavy (non-hydrogen) atoms. The Kier molecular flexibility index (Phi) is 4.73. The van der Waals surface area contributed by atoms with E-state index in [2.05, 4.69) is 5.32 Å². The molecule has 0 aliphatic rings. The quantitative estimate of drug-likeness (QED) is 0.740. The molecule has 2 atom stereocenters. The van der Waals surface area contributed by atoms with Crippen molar-refractivity contribution >= 4 is 7.60 Å². The van der Waals surface area contributed by atoms with E-state index in [9.17, 15) is 14.4 Å². The second-order valence-corrected chi connectivity index (χ2v) is 6.40. The molecule has 106 valence electrons. The number of hydrogen-bond donors (Lipinski definition) is 3. The first-order valence-corrected chi connectivity index (χ1v) is 8.08. The molecule has 0 heterocycles. The summed E-state index contributed by atoms with van der Waals surface area (Å²) in [6.07, 6.45) is 0. The molecule has 0 aromatic heterocycles. The molecule has 2 aromatic rings. The minimum atomic E-state index is -4.28. The molecule has 0 spiro atoms. The van der Waals surface area contributed by atoms with E-state index in [1.807, 2.05) is 43.3 Å². The third kappa shape index (κ3) is 3.78. The smallest absolute Gasteiger partial charge is 0.323 e. The van der Waals surface area contributed by atoms with Crippen molar-refractivity contribution in [2.75, 3.05) is 0 Å². The third-order valence-electron chi connectivity index (χ3n) is 3.16. The number of hydrogen-bond acceptors (Lipinski definition) is 2. The van der Waals surface area contributed by atoms with E-state index in [1.54, 1.807) is 24.3 Å². The van der Waals surface area contributed by atoms with E-state index < -0.39 is 13.4 Å². The standard InChI is InChI=1S/C15H18NO3P/c1-12(13-8-4-2-5-9-13)16-15(20(17,18)19)14-10-6-3-7-11-14/h2-12,15-16H,1H3,(H2,17,18,19)/t12-,15+/m1/s1. The lowest BCUT2D eigenvalue weighted by molar-refractivity contribution is 0.341. The summed E-state index contributed by atoms with van der Waals surface area (Å²) >= 11 is 0. The van der Waals surface area contributed by atoms with Crippen LogP contribution in [-0.4, -0.2) is 9.79 Å². The van der Waals surface area contributed by atoms with Gasteiger partial charge in [-0.05, 0) is 18.1 Å². The Morgan fingerprint density at radius 1 is 0.900 bits per heavy atom. The summed E-state index contributed by atoms with van der Waals surface area (Å²) in [5.41, 5.74) is 1.57. The van der Waals surface area contributed by atoms with E-state index in [4.69, 9.17) is 0 Å². The molecule has 3 N–H and O–H groups in total. The highest BCUT2D eigenvalue weighted by Crippen LogP contribution is 2.50. The average Bonchev–Trinajstić information content (AvgIpc) is 2.45. The number of nitrogens with one attached hydrogen (secondary N) is 1. The van der Waals surface area contributed by atoms with Crippen LogP contribution in [0.3, 0.4) is 0 Å². The average molecular weight is 291 g/mol. The van der Waals surface area contributed by atoms with E-state index in [0.29, 0.717) is 5.56 Å². The number of benzene rings is 2. The monoisotopic (exact) mass is 291 g/mol. The lowest BCUT2D eigenvalue weighted by Crippen LogP contribution is -2.24. The molecular weight excluding hydrogens is 273 g/mol. The van der Waals surface area contributed by atoms with Crippen LogP contribution in [0.5, 0.6) is 0 Å². The zero-order chi connectivity index (χ0) is 14.6. The van der Waals surface area contributed by atoms with Crippen molar-refractivity contribution < 1.29 is 14.4 Å². The van der Waals surface area contributed by atoms with Crippen LogP contribution in [0.15, 0.2) is 60.7 Å². The van der Waals surface area contributed by atoms with Gasteiger partial charge in [0.05, 0.1) is 0 Å². The van der Waals surface area contributed by atoms with Crippen LogP contribution < -0.4 is 5.32 Å². The van der Waals surface area contributed by atoms with Gasteiger partial charge in [0.2, 0.25) is 0 Å². The van der Waals surface area contributed by atoms with Crippen molar-refractivity contribution in [2.45, 2.75) is 18.7 Å². The van der Waals surface area contributed by atoms with Gasteiger partial charge < -0.3 is 9.79 Å². The summed E-state index contributed by atoms with van der Waals surface area (Å²) < 4.78 is 11.7. The summed E-state index contributed by atoms with van der Waals surface area (Å²) in [6.45, 7) is 1.89.